The second-order valence-corrected chi connectivity index (χ2v) is 4.71. The quantitative estimate of drug-likeness (QED) is 0.847. The number of rotatable bonds is 4. The number of ether oxygens (including phenoxy) is 1. The van der Waals surface area contributed by atoms with Crippen molar-refractivity contribution in [2.45, 2.75) is 25.5 Å². The summed E-state index contributed by atoms with van der Waals surface area (Å²) in [6, 6.07) is 6.56. The van der Waals surface area contributed by atoms with E-state index < -0.39 is 12.0 Å². The van der Waals surface area contributed by atoms with Crippen LogP contribution in [0.25, 0.3) is 0 Å². The fourth-order valence-electron chi connectivity index (χ4n) is 2.15. The van der Waals surface area contributed by atoms with Gasteiger partial charge in [-0.15, -0.1) is 0 Å². The molecule has 2 rings (SSSR count). The predicted octanol–water partition coefficient (Wildman–Crippen LogP) is 0.742. The Morgan fingerprint density at radius 3 is 2.90 bits per heavy atom. The van der Waals surface area contributed by atoms with Gasteiger partial charge >= 0.3 is 5.97 Å². The van der Waals surface area contributed by atoms with E-state index >= 15 is 0 Å². The van der Waals surface area contributed by atoms with Crippen molar-refractivity contribution in [2.24, 2.45) is 5.73 Å². The number of carboxylic acid groups (broad SMARTS) is 1. The van der Waals surface area contributed by atoms with Crippen LogP contribution in [0.5, 0.6) is 0 Å². The zero-order valence-electron chi connectivity index (χ0n) is 11.1. The van der Waals surface area contributed by atoms with Gasteiger partial charge in [-0.2, -0.15) is 0 Å². The molecule has 0 radical (unpaired) electrons. The molecule has 0 bridgehead atoms. The minimum absolute atomic E-state index is 0.113. The van der Waals surface area contributed by atoms with Gasteiger partial charge in [-0.25, -0.2) is 0 Å². The molecule has 1 aromatic carbocycles. The summed E-state index contributed by atoms with van der Waals surface area (Å²) in [6.07, 6.45) is 0.246. The molecule has 1 unspecified atom stereocenters. The van der Waals surface area contributed by atoms with Gasteiger partial charge in [0.15, 0.2) is 0 Å². The van der Waals surface area contributed by atoms with Crippen molar-refractivity contribution in [2.75, 3.05) is 18.1 Å². The Morgan fingerprint density at radius 2 is 2.15 bits per heavy atom. The van der Waals surface area contributed by atoms with E-state index in [4.69, 9.17) is 15.6 Å². The van der Waals surface area contributed by atoms with Crippen LogP contribution in [0.3, 0.4) is 0 Å². The number of carbonyl (C=O) groups is 2. The summed E-state index contributed by atoms with van der Waals surface area (Å²) in [5, 5.41) is 8.74. The minimum atomic E-state index is -1.09. The molecule has 0 aromatic heterocycles. The fourth-order valence-corrected chi connectivity index (χ4v) is 2.15. The first kappa shape index (κ1) is 14.5. The molecule has 1 amide bonds. The topological polar surface area (TPSA) is 92.9 Å². The second kappa shape index (κ2) is 6.49. The maximum Gasteiger partial charge on any atom is 0.320 e. The Balaban J connectivity index is 2.08. The predicted molar refractivity (Wildman–Crippen MR) is 73.3 cm³/mol. The van der Waals surface area contributed by atoms with Crippen LogP contribution in [0, 0.1) is 0 Å². The van der Waals surface area contributed by atoms with E-state index in [0.717, 1.165) is 11.3 Å². The molecule has 0 fully saturated rings. The van der Waals surface area contributed by atoms with Crippen molar-refractivity contribution in [3.63, 3.8) is 0 Å². The summed E-state index contributed by atoms with van der Waals surface area (Å²) in [6.45, 7) is 1.41. The van der Waals surface area contributed by atoms with E-state index in [1.807, 2.05) is 24.3 Å². The number of hydrogen-bond acceptors (Lipinski definition) is 4. The first-order valence-corrected chi connectivity index (χ1v) is 6.54. The number of anilines is 1. The molecule has 3 N–H and O–H groups in total. The summed E-state index contributed by atoms with van der Waals surface area (Å²) in [4.78, 5) is 24.6. The van der Waals surface area contributed by atoms with Gasteiger partial charge in [-0.05, 0) is 12.5 Å². The lowest BCUT2D eigenvalue weighted by Gasteiger charge is -2.22. The molecule has 6 nitrogen and oxygen atoms in total. The second-order valence-electron chi connectivity index (χ2n) is 4.71. The summed E-state index contributed by atoms with van der Waals surface area (Å²) in [5.41, 5.74) is 7.22. The Hall–Kier alpha value is -1.92. The number of aliphatic carboxylic acids is 1. The van der Waals surface area contributed by atoms with Gasteiger partial charge in [0.2, 0.25) is 5.91 Å². The number of fused-ring (bicyclic) bond motifs is 1. The lowest BCUT2D eigenvalue weighted by atomic mass is 10.1. The summed E-state index contributed by atoms with van der Waals surface area (Å²) >= 11 is 0. The highest BCUT2D eigenvalue weighted by Gasteiger charge is 2.22. The van der Waals surface area contributed by atoms with Crippen molar-refractivity contribution in [1.82, 2.24) is 0 Å². The molecule has 0 aliphatic carbocycles. The molecular formula is C14H18N2O4. The fraction of sp³-hybridized carbons (Fsp3) is 0.429. The highest BCUT2D eigenvalue weighted by atomic mass is 16.5. The SMILES string of the molecule is NC(CCC(=O)N1CCOCc2ccccc21)C(=O)O. The van der Waals surface area contributed by atoms with Crippen molar-refractivity contribution >= 4 is 17.6 Å². The number of para-hydroxylation sites is 1. The molecule has 20 heavy (non-hydrogen) atoms. The van der Waals surface area contributed by atoms with E-state index in [-0.39, 0.29) is 18.7 Å². The van der Waals surface area contributed by atoms with Crippen LogP contribution in [0.1, 0.15) is 18.4 Å². The molecule has 1 aliphatic heterocycles. The number of benzene rings is 1. The zero-order valence-corrected chi connectivity index (χ0v) is 11.1. The molecule has 0 spiro atoms. The number of nitrogens with zero attached hydrogens (tertiary/aromatic N) is 1. The largest absolute Gasteiger partial charge is 0.480 e. The average Bonchev–Trinajstić information content (AvgIpc) is 2.66. The van der Waals surface area contributed by atoms with Crippen LogP contribution in [0.4, 0.5) is 5.69 Å². The summed E-state index contributed by atoms with van der Waals surface area (Å²) in [5.74, 6) is -1.21. The minimum Gasteiger partial charge on any atom is -0.480 e. The number of amides is 1. The number of nitrogens with two attached hydrogens (primary N) is 1. The van der Waals surface area contributed by atoms with Gasteiger partial charge in [0, 0.05) is 24.2 Å². The van der Waals surface area contributed by atoms with Gasteiger partial charge in [-0.3, -0.25) is 9.59 Å². The van der Waals surface area contributed by atoms with E-state index in [1.54, 1.807) is 4.90 Å². The van der Waals surface area contributed by atoms with Crippen LogP contribution in [0.15, 0.2) is 24.3 Å². The van der Waals surface area contributed by atoms with Crippen molar-refractivity contribution in [3.05, 3.63) is 29.8 Å². The third kappa shape index (κ3) is 3.34. The molecule has 1 heterocycles. The monoisotopic (exact) mass is 278 g/mol. The van der Waals surface area contributed by atoms with Gasteiger partial charge in [0.05, 0.1) is 13.2 Å². The van der Waals surface area contributed by atoms with Crippen LogP contribution in [-0.4, -0.2) is 36.2 Å². The van der Waals surface area contributed by atoms with Gasteiger partial charge in [0.1, 0.15) is 6.04 Å². The zero-order chi connectivity index (χ0) is 14.5. The lowest BCUT2D eigenvalue weighted by molar-refractivity contribution is -0.138. The third-order valence-electron chi connectivity index (χ3n) is 3.29. The Morgan fingerprint density at radius 1 is 1.40 bits per heavy atom. The molecule has 0 saturated carbocycles. The standard InChI is InChI=1S/C14H18N2O4/c15-11(14(18)19)5-6-13(17)16-7-8-20-9-10-3-1-2-4-12(10)16/h1-4,11H,5-9,15H2,(H,18,19). The van der Waals surface area contributed by atoms with Crippen LogP contribution in [0.2, 0.25) is 0 Å². The molecule has 0 saturated heterocycles. The Bertz CT molecular complexity index is 504. The van der Waals surface area contributed by atoms with E-state index in [2.05, 4.69) is 0 Å². The first-order valence-electron chi connectivity index (χ1n) is 6.54. The van der Waals surface area contributed by atoms with E-state index in [1.165, 1.54) is 0 Å². The van der Waals surface area contributed by atoms with Crippen molar-refractivity contribution < 1.29 is 19.4 Å². The van der Waals surface area contributed by atoms with Crippen LogP contribution < -0.4 is 10.6 Å². The Labute approximate surface area is 117 Å². The van der Waals surface area contributed by atoms with Crippen LogP contribution >= 0.6 is 0 Å². The number of hydrogen-bond donors (Lipinski definition) is 2. The van der Waals surface area contributed by atoms with E-state index in [0.29, 0.717) is 19.8 Å². The maximum atomic E-state index is 12.3. The van der Waals surface area contributed by atoms with Gasteiger partial charge in [-0.1, -0.05) is 18.2 Å². The molecule has 1 aromatic rings. The van der Waals surface area contributed by atoms with E-state index in [9.17, 15) is 9.59 Å². The molecule has 108 valence electrons. The molecule has 6 heteroatoms. The van der Waals surface area contributed by atoms with Gasteiger partial charge < -0.3 is 20.5 Å². The highest BCUT2D eigenvalue weighted by molar-refractivity contribution is 5.94. The highest BCUT2D eigenvalue weighted by Crippen LogP contribution is 2.24. The van der Waals surface area contributed by atoms with Crippen molar-refractivity contribution in [1.29, 1.82) is 0 Å². The number of carbonyl (C=O) groups excluding carboxylic acids is 1. The first-order chi connectivity index (χ1) is 9.59. The van der Waals surface area contributed by atoms with Gasteiger partial charge in [0.25, 0.3) is 0 Å². The average molecular weight is 278 g/mol. The smallest absolute Gasteiger partial charge is 0.320 e. The molecule has 1 atom stereocenters. The van der Waals surface area contributed by atoms with Crippen LogP contribution in [-0.2, 0) is 20.9 Å². The molecular weight excluding hydrogens is 260 g/mol. The third-order valence-corrected chi connectivity index (χ3v) is 3.29. The molecule has 1 aliphatic rings. The summed E-state index contributed by atoms with van der Waals surface area (Å²) in [7, 11) is 0. The summed E-state index contributed by atoms with van der Waals surface area (Å²) < 4.78 is 5.45. The Kier molecular flexibility index (Phi) is 4.70. The van der Waals surface area contributed by atoms with Crippen molar-refractivity contribution in [3.8, 4) is 0 Å². The lowest BCUT2D eigenvalue weighted by Crippen LogP contribution is -2.36. The maximum absolute atomic E-state index is 12.3. The normalized spacial score (nSPS) is 16.1. The number of carboxylic acids is 1.